The Morgan fingerprint density at radius 3 is 2.52 bits per heavy atom. The van der Waals surface area contributed by atoms with Crippen LogP contribution < -0.4 is 11.2 Å². The molecule has 3 aromatic rings. The Bertz CT molecular complexity index is 1250. The number of nitrogens with zero attached hydrogens (tertiary/aromatic N) is 4. The number of benzene rings is 1. The maximum absolute atomic E-state index is 12.9. The number of hydrogen-bond donors (Lipinski definition) is 1. The van der Waals surface area contributed by atoms with Crippen LogP contribution in [0, 0.1) is 0 Å². The van der Waals surface area contributed by atoms with Gasteiger partial charge < -0.3 is 5.11 Å². The predicted molar refractivity (Wildman–Crippen MR) is 108 cm³/mol. The van der Waals surface area contributed by atoms with E-state index in [-0.39, 0.29) is 24.1 Å². The van der Waals surface area contributed by atoms with Crippen LogP contribution in [0.25, 0.3) is 11.0 Å². The highest BCUT2D eigenvalue weighted by molar-refractivity contribution is 5.74. The Labute approximate surface area is 175 Å². The van der Waals surface area contributed by atoms with E-state index >= 15 is 0 Å². The fourth-order valence-electron chi connectivity index (χ4n) is 3.97. The van der Waals surface area contributed by atoms with Crippen LogP contribution in [-0.2, 0) is 32.7 Å². The summed E-state index contributed by atoms with van der Waals surface area (Å²) in [6, 6.07) is 9.75. The lowest BCUT2D eigenvalue weighted by molar-refractivity contribution is -0.141. The summed E-state index contributed by atoms with van der Waals surface area (Å²) < 4.78 is 40.6. The normalized spacial score (nSPS) is 15.8. The molecule has 1 aromatic carbocycles. The van der Waals surface area contributed by atoms with Gasteiger partial charge in [0.2, 0.25) is 0 Å². The molecule has 10 heteroatoms. The molecule has 2 aromatic heterocycles. The van der Waals surface area contributed by atoms with E-state index in [2.05, 4.69) is 11.1 Å². The van der Waals surface area contributed by atoms with Gasteiger partial charge in [-0.05, 0) is 29.7 Å². The van der Waals surface area contributed by atoms with E-state index in [9.17, 15) is 27.9 Å². The molecule has 3 heterocycles. The fourth-order valence-corrected chi connectivity index (χ4v) is 3.97. The van der Waals surface area contributed by atoms with Gasteiger partial charge in [0.1, 0.15) is 11.3 Å². The lowest BCUT2D eigenvalue weighted by Crippen LogP contribution is -2.45. The van der Waals surface area contributed by atoms with E-state index in [0.717, 1.165) is 28.2 Å². The molecule has 0 saturated carbocycles. The number of fused-ring (bicyclic) bond motifs is 2. The zero-order chi connectivity index (χ0) is 22.3. The Morgan fingerprint density at radius 2 is 1.81 bits per heavy atom. The van der Waals surface area contributed by atoms with E-state index < -0.39 is 29.2 Å². The van der Waals surface area contributed by atoms with Crippen LogP contribution in [0.1, 0.15) is 16.8 Å². The number of pyridine rings is 1. The average molecular weight is 434 g/mol. The summed E-state index contributed by atoms with van der Waals surface area (Å²) in [6.45, 7) is 1.39. The van der Waals surface area contributed by atoms with Crippen LogP contribution in [0.15, 0.2) is 46.0 Å². The fraction of sp³-hybridized carbons (Fsp3) is 0.381. The van der Waals surface area contributed by atoms with Crippen LogP contribution >= 0.6 is 0 Å². The van der Waals surface area contributed by atoms with Crippen LogP contribution in [0.2, 0.25) is 0 Å². The summed E-state index contributed by atoms with van der Waals surface area (Å²) in [4.78, 5) is 30.9. The summed E-state index contributed by atoms with van der Waals surface area (Å²) in [7, 11) is 1.25. The van der Waals surface area contributed by atoms with Crippen molar-refractivity contribution in [1.82, 2.24) is 19.0 Å². The van der Waals surface area contributed by atoms with Gasteiger partial charge in [-0.3, -0.25) is 18.8 Å². The van der Waals surface area contributed by atoms with Crippen LogP contribution in [0.3, 0.4) is 0 Å². The molecule has 0 spiro atoms. The van der Waals surface area contributed by atoms with E-state index in [1.54, 1.807) is 0 Å². The number of aliphatic hydroxyl groups excluding tert-OH is 1. The minimum Gasteiger partial charge on any atom is -0.390 e. The van der Waals surface area contributed by atoms with Gasteiger partial charge in [-0.15, -0.1) is 0 Å². The van der Waals surface area contributed by atoms with Crippen molar-refractivity contribution in [2.24, 2.45) is 7.05 Å². The second-order valence-corrected chi connectivity index (χ2v) is 7.73. The Hall–Kier alpha value is -2.98. The summed E-state index contributed by atoms with van der Waals surface area (Å²) >= 11 is 0. The van der Waals surface area contributed by atoms with Gasteiger partial charge in [-0.2, -0.15) is 13.2 Å². The minimum atomic E-state index is -4.69. The number of hydrogen-bond acceptors (Lipinski definition) is 5. The van der Waals surface area contributed by atoms with Crippen molar-refractivity contribution in [2.75, 3.05) is 13.1 Å². The SMILES string of the molecule is Cn1c(=O)n(CC(O)CN2CCc3ccccc3C2)c(=O)c2ccc(C(F)(F)F)nc21. The number of aliphatic hydroxyl groups is 1. The maximum Gasteiger partial charge on any atom is 0.433 e. The molecule has 0 bridgehead atoms. The Kier molecular flexibility index (Phi) is 5.44. The molecule has 1 unspecified atom stereocenters. The van der Waals surface area contributed by atoms with E-state index in [0.29, 0.717) is 12.6 Å². The first-order valence-electron chi connectivity index (χ1n) is 9.80. The molecule has 4 rings (SSSR count). The van der Waals surface area contributed by atoms with Gasteiger partial charge in [-0.1, -0.05) is 24.3 Å². The Balaban J connectivity index is 1.58. The lowest BCUT2D eigenvalue weighted by atomic mass is 10.00. The second kappa shape index (κ2) is 7.93. The molecule has 0 fully saturated rings. The summed E-state index contributed by atoms with van der Waals surface area (Å²) in [5.74, 6) is 0. The van der Waals surface area contributed by atoms with Crippen molar-refractivity contribution in [3.05, 3.63) is 74.1 Å². The third-order valence-electron chi connectivity index (χ3n) is 5.55. The summed E-state index contributed by atoms with van der Waals surface area (Å²) in [5.41, 5.74) is -0.694. The molecule has 1 aliphatic heterocycles. The van der Waals surface area contributed by atoms with Crippen molar-refractivity contribution in [3.8, 4) is 0 Å². The zero-order valence-electron chi connectivity index (χ0n) is 16.8. The minimum absolute atomic E-state index is 0.116. The molecule has 164 valence electrons. The van der Waals surface area contributed by atoms with E-state index in [1.165, 1.54) is 18.2 Å². The number of alkyl halides is 3. The number of rotatable bonds is 4. The first kappa shape index (κ1) is 21.3. The van der Waals surface area contributed by atoms with Gasteiger partial charge >= 0.3 is 11.9 Å². The molecular formula is C21H21F3N4O3. The maximum atomic E-state index is 12.9. The quantitative estimate of drug-likeness (QED) is 0.674. The van der Waals surface area contributed by atoms with Gasteiger partial charge in [0.05, 0.1) is 18.0 Å². The van der Waals surface area contributed by atoms with Gasteiger partial charge in [0.25, 0.3) is 5.56 Å². The average Bonchev–Trinajstić information content (AvgIpc) is 2.74. The number of β-amino-alcohol motifs (C(OH)–C–C–N with tert-alkyl or cyclic N) is 1. The van der Waals surface area contributed by atoms with Crippen LogP contribution in [0.4, 0.5) is 13.2 Å². The molecule has 1 N–H and O–H groups in total. The topological polar surface area (TPSA) is 80.4 Å². The molecule has 7 nitrogen and oxygen atoms in total. The molecule has 0 saturated heterocycles. The number of halogens is 3. The zero-order valence-corrected chi connectivity index (χ0v) is 16.8. The Morgan fingerprint density at radius 1 is 1.10 bits per heavy atom. The van der Waals surface area contributed by atoms with Crippen molar-refractivity contribution in [2.45, 2.75) is 31.8 Å². The first-order chi connectivity index (χ1) is 14.6. The molecular weight excluding hydrogens is 413 g/mol. The van der Waals surface area contributed by atoms with Crippen molar-refractivity contribution >= 4 is 11.0 Å². The van der Waals surface area contributed by atoms with Crippen molar-refractivity contribution in [3.63, 3.8) is 0 Å². The molecule has 0 radical (unpaired) electrons. The highest BCUT2D eigenvalue weighted by Gasteiger charge is 2.33. The molecule has 1 atom stereocenters. The largest absolute Gasteiger partial charge is 0.433 e. The summed E-state index contributed by atoms with van der Waals surface area (Å²) in [6.07, 6.45) is -4.86. The monoisotopic (exact) mass is 434 g/mol. The highest BCUT2D eigenvalue weighted by atomic mass is 19.4. The standard InChI is InChI=1S/C21H21F3N4O3/c1-26-18-16(6-7-17(25-18)21(22,23)24)19(30)28(20(26)31)12-15(29)11-27-9-8-13-4-2-3-5-14(13)10-27/h2-7,15,29H,8-12H2,1H3. The number of aryl methyl sites for hydroxylation is 1. The third kappa shape index (κ3) is 4.13. The molecule has 31 heavy (non-hydrogen) atoms. The third-order valence-corrected chi connectivity index (χ3v) is 5.55. The lowest BCUT2D eigenvalue weighted by Gasteiger charge is -2.30. The van der Waals surface area contributed by atoms with Crippen LogP contribution in [-0.4, -0.2) is 43.3 Å². The van der Waals surface area contributed by atoms with Crippen molar-refractivity contribution in [1.29, 1.82) is 0 Å². The van der Waals surface area contributed by atoms with Crippen LogP contribution in [0.5, 0.6) is 0 Å². The highest BCUT2D eigenvalue weighted by Crippen LogP contribution is 2.28. The first-order valence-corrected chi connectivity index (χ1v) is 9.80. The van der Waals surface area contributed by atoms with E-state index in [1.807, 2.05) is 23.1 Å². The van der Waals surface area contributed by atoms with Gasteiger partial charge in [0, 0.05) is 26.7 Å². The molecule has 1 aliphatic rings. The molecule has 0 amide bonds. The van der Waals surface area contributed by atoms with Gasteiger partial charge in [-0.25, -0.2) is 9.78 Å². The summed E-state index contributed by atoms with van der Waals surface area (Å²) in [5, 5.41) is 10.4. The van der Waals surface area contributed by atoms with Crippen molar-refractivity contribution < 1.29 is 18.3 Å². The predicted octanol–water partition coefficient (Wildman–Crippen LogP) is 1.53. The van der Waals surface area contributed by atoms with E-state index in [4.69, 9.17) is 0 Å². The molecule has 0 aliphatic carbocycles. The smallest absolute Gasteiger partial charge is 0.390 e. The number of aromatic nitrogens is 3. The van der Waals surface area contributed by atoms with Gasteiger partial charge in [0.15, 0.2) is 0 Å². The second-order valence-electron chi connectivity index (χ2n) is 7.73.